The molecule has 0 aliphatic rings. The van der Waals surface area contributed by atoms with E-state index in [0.717, 1.165) is 0 Å². The van der Waals surface area contributed by atoms with Gasteiger partial charge in [0.15, 0.2) is 0 Å². The van der Waals surface area contributed by atoms with E-state index in [9.17, 15) is 24.3 Å². The first-order chi connectivity index (χ1) is 12.6. The quantitative estimate of drug-likeness (QED) is 0.225. The number of thiol groups is 1. The highest BCUT2D eigenvalue weighted by molar-refractivity contribution is 7.80. The van der Waals surface area contributed by atoms with Crippen LogP contribution >= 0.6 is 12.6 Å². The summed E-state index contributed by atoms with van der Waals surface area (Å²) in [6.07, 6.45) is -0.324. The molecule has 2 amide bonds. The molecule has 1 rings (SSSR count). The van der Waals surface area contributed by atoms with E-state index in [2.05, 4.69) is 23.3 Å². The molecule has 1 aromatic carbocycles. The van der Waals surface area contributed by atoms with Crippen molar-refractivity contribution < 1.29 is 33.8 Å². The Morgan fingerprint density at radius 1 is 1.30 bits per heavy atom. The Morgan fingerprint density at radius 3 is 2.48 bits per heavy atom. The van der Waals surface area contributed by atoms with E-state index in [1.165, 1.54) is 18.2 Å². The average molecular weight is 398 g/mol. The van der Waals surface area contributed by atoms with E-state index >= 15 is 0 Å². The van der Waals surface area contributed by atoms with Gasteiger partial charge in [-0.25, -0.2) is 14.4 Å². The topological polar surface area (TPSA) is 131 Å². The fraction of sp³-hybridized carbons (Fsp3) is 0.412. The molecule has 0 fully saturated rings. The maximum atomic E-state index is 12.1. The molecule has 148 valence electrons. The van der Waals surface area contributed by atoms with Gasteiger partial charge in [0, 0.05) is 12.3 Å². The van der Waals surface area contributed by atoms with Crippen LogP contribution in [-0.4, -0.2) is 46.9 Å². The van der Waals surface area contributed by atoms with Gasteiger partial charge in [-0.05, 0) is 38.5 Å². The van der Waals surface area contributed by atoms with Crippen molar-refractivity contribution in [3.8, 4) is 5.75 Å². The molecule has 0 saturated carbocycles. The van der Waals surface area contributed by atoms with Crippen LogP contribution in [0.25, 0.3) is 0 Å². The van der Waals surface area contributed by atoms with Crippen LogP contribution in [-0.2, 0) is 20.9 Å². The lowest BCUT2D eigenvalue weighted by molar-refractivity contribution is -0.137. The van der Waals surface area contributed by atoms with Gasteiger partial charge in [-0.3, -0.25) is 4.79 Å². The van der Waals surface area contributed by atoms with Gasteiger partial charge in [0.2, 0.25) is 6.41 Å². The van der Waals surface area contributed by atoms with E-state index in [1.54, 1.807) is 20.8 Å². The highest BCUT2D eigenvalue weighted by atomic mass is 32.1. The molecule has 10 heteroatoms. The number of nitrogens with one attached hydrogen (secondary N) is 2. The normalized spacial score (nSPS) is 11.9. The smallest absolute Gasteiger partial charge is 0.407 e. The predicted molar refractivity (Wildman–Crippen MR) is 99.0 cm³/mol. The summed E-state index contributed by atoms with van der Waals surface area (Å²) in [4.78, 5) is 45.6. The summed E-state index contributed by atoms with van der Waals surface area (Å²) in [5.41, 5.74) is -0.418. The first kappa shape index (κ1) is 22.3. The SMILES string of the molecule is CC(C)(C)OC(=O)NCc1ccc(C(=O)O)c(OC(=O)C(CS)NC=O)c1. The molecule has 0 aliphatic heterocycles. The van der Waals surface area contributed by atoms with E-state index in [0.29, 0.717) is 12.0 Å². The number of hydrogen-bond acceptors (Lipinski definition) is 7. The lowest BCUT2D eigenvalue weighted by atomic mass is 10.1. The zero-order valence-electron chi connectivity index (χ0n) is 15.1. The van der Waals surface area contributed by atoms with Crippen molar-refractivity contribution >= 4 is 37.1 Å². The molecule has 1 unspecified atom stereocenters. The second-order valence-electron chi connectivity index (χ2n) is 6.43. The van der Waals surface area contributed by atoms with Crippen molar-refractivity contribution in [1.82, 2.24) is 10.6 Å². The maximum Gasteiger partial charge on any atom is 0.407 e. The molecule has 1 aromatic rings. The number of amides is 2. The van der Waals surface area contributed by atoms with Crippen LogP contribution in [0.1, 0.15) is 36.7 Å². The lowest BCUT2D eigenvalue weighted by Gasteiger charge is -2.20. The van der Waals surface area contributed by atoms with Gasteiger partial charge in [-0.2, -0.15) is 12.6 Å². The highest BCUT2D eigenvalue weighted by Gasteiger charge is 2.22. The first-order valence-electron chi connectivity index (χ1n) is 7.92. The summed E-state index contributed by atoms with van der Waals surface area (Å²) in [5, 5.41) is 14.0. The monoisotopic (exact) mass is 398 g/mol. The lowest BCUT2D eigenvalue weighted by Crippen LogP contribution is -2.40. The number of benzene rings is 1. The zero-order valence-corrected chi connectivity index (χ0v) is 16.0. The van der Waals surface area contributed by atoms with Crippen molar-refractivity contribution in [2.45, 2.75) is 39.0 Å². The van der Waals surface area contributed by atoms with Crippen molar-refractivity contribution in [3.63, 3.8) is 0 Å². The number of ether oxygens (including phenoxy) is 2. The second-order valence-corrected chi connectivity index (χ2v) is 6.80. The highest BCUT2D eigenvalue weighted by Crippen LogP contribution is 2.22. The number of alkyl carbamates (subject to hydrolysis) is 1. The van der Waals surface area contributed by atoms with E-state index < -0.39 is 29.7 Å². The molecular formula is C17H22N2O7S. The average Bonchev–Trinajstić information content (AvgIpc) is 2.56. The van der Waals surface area contributed by atoms with Gasteiger partial charge >= 0.3 is 18.0 Å². The third kappa shape index (κ3) is 7.57. The number of hydrogen-bond donors (Lipinski definition) is 4. The van der Waals surface area contributed by atoms with Crippen LogP contribution < -0.4 is 15.4 Å². The van der Waals surface area contributed by atoms with Crippen LogP contribution in [0, 0.1) is 0 Å². The van der Waals surface area contributed by atoms with Gasteiger partial charge in [-0.15, -0.1) is 0 Å². The Labute approximate surface area is 161 Å². The number of aromatic carboxylic acids is 1. The Bertz CT molecular complexity index is 716. The fourth-order valence-electron chi connectivity index (χ4n) is 1.88. The minimum Gasteiger partial charge on any atom is -0.478 e. The van der Waals surface area contributed by atoms with Gasteiger partial charge in [-0.1, -0.05) is 6.07 Å². The Kier molecular flexibility index (Phi) is 8.10. The van der Waals surface area contributed by atoms with Crippen molar-refractivity contribution in [1.29, 1.82) is 0 Å². The molecule has 3 N–H and O–H groups in total. The molecular weight excluding hydrogens is 376 g/mol. The Balaban J connectivity index is 2.94. The van der Waals surface area contributed by atoms with Crippen molar-refractivity contribution in [2.75, 3.05) is 5.75 Å². The fourth-order valence-corrected chi connectivity index (χ4v) is 2.14. The summed E-state index contributed by atoms with van der Waals surface area (Å²) in [5.74, 6) is -2.40. The molecule has 0 heterocycles. The number of carboxylic acids is 1. The molecule has 0 aromatic heterocycles. The number of carbonyl (C=O) groups is 4. The summed E-state index contributed by atoms with van der Waals surface area (Å²) < 4.78 is 10.2. The second kappa shape index (κ2) is 9.81. The molecule has 0 radical (unpaired) electrons. The third-order valence-electron chi connectivity index (χ3n) is 3.06. The summed E-state index contributed by atoms with van der Waals surface area (Å²) in [6.45, 7) is 5.19. The minimum absolute atomic E-state index is 0.0279. The van der Waals surface area contributed by atoms with Gasteiger partial charge in [0.1, 0.15) is 23.0 Å². The summed E-state index contributed by atoms with van der Waals surface area (Å²) in [7, 11) is 0. The minimum atomic E-state index is -1.30. The number of rotatable bonds is 8. The Morgan fingerprint density at radius 2 is 1.96 bits per heavy atom. The number of esters is 1. The van der Waals surface area contributed by atoms with Crippen LogP contribution in [0.15, 0.2) is 18.2 Å². The molecule has 0 bridgehead atoms. The molecule has 0 spiro atoms. The summed E-state index contributed by atoms with van der Waals surface area (Å²) in [6, 6.07) is 3.00. The maximum absolute atomic E-state index is 12.1. The molecule has 27 heavy (non-hydrogen) atoms. The predicted octanol–water partition coefficient (Wildman–Crippen LogP) is 1.36. The first-order valence-corrected chi connectivity index (χ1v) is 8.56. The molecule has 9 nitrogen and oxygen atoms in total. The van der Waals surface area contributed by atoms with Crippen molar-refractivity contribution in [3.05, 3.63) is 29.3 Å². The molecule has 0 aliphatic carbocycles. The van der Waals surface area contributed by atoms with E-state index in [-0.39, 0.29) is 23.6 Å². The number of carboxylic acid groups (broad SMARTS) is 1. The van der Waals surface area contributed by atoms with Crippen LogP contribution in [0.2, 0.25) is 0 Å². The Hall–Kier alpha value is -2.75. The van der Waals surface area contributed by atoms with Gasteiger partial charge in [0.05, 0.1) is 0 Å². The van der Waals surface area contributed by atoms with Crippen LogP contribution in [0.3, 0.4) is 0 Å². The van der Waals surface area contributed by atoms with Gasteiger partial charge in [0.25, 0.3) is 0 Å². The third-order valence-corrected chi connectivity index (χ3v) is 3.42. The summed E-state index contributed by atoms with van der Waals surface area (Å²) >= 11 is 3.93. The largest absolute Gasteiger partial charge is 0.478 e. The zero-order chi connectivity index (χ0) is 20.6. The molecule has 0 saturated heterocycles. The standard InChI is InChI=1S/C17H22N2O7S/c1-17(2,3)26-16(24)18-7-10-4-5-11(14(21)22)13(6-10)25-15(23)12(8-27)19-9-20/h4-6,9,12,27H,7-8H2,1-3H3,(H,18,24)(H,19,20)(H,21,22). The van der Waals surface area contributed by atoms with Gasteiger partial charge < -0.3 is 25.2 Å². The van der Waals surface area contributed by atoms with Crippen LogP contribution in [0.5, 0.6) is 5.75 Å². The van der Waals surface area contributed by atoms with Crippen molar-refractivity contribution in [2.24, 2.45) is 0 Å². The van der Waals surface area contributed by atoms with E-state index in [1.807, 2.05) is 0 Å². The van der Waals surface area contributed by atoms with Crippen LogP contribution in [0.4, 0.5) is 4.79 Å². The number of carbonyl (C=O) groups excluding carboxylic acids is 3. The van der Waals surface area contributed by atoms with E-state index in [4.69, 9.17) is 9.47 Å². The molecule has 1 atom stereocenters.